The lowest BCUT2D eigenvalue weighted by atomic mass is 10.0. The van der Waals surface area contributed by atoms with Gasteiger partial charge in [0.25, 0.3) is 0 Å². The van der Waals surface area contributed by atoms with E-state index in [4.69, 9.17) is 4.98 Å². The van der Waals surface area contributed by atoms with Crippen molar-refractivity contribution in [2.24, 2.45) is 13.0 Å². The second kappa shape index (κ2) is 6.58. The van der Waals surface area contributed by atoms with Crippen molar-refractivity contribution in [3.05, 3.63) is 48.7 Å². The number of imidazole rings is 1. The summed E-state index contributed by atoms with van der Waals surface area (Å²) in [5.74, 6) is 1.58. The maximum atomic E-state index is 4.78. The van der Waals surface area contributed by atoms with Gasteiger partial charge in [-0.25, -0.2) is 19.9 Å². The van der Waals surface area contributed by atoms with Crippen molar-refractivity contribution in [1.29, 1.82) is 0 Å². The molecular weight excluding hydrogens is 314 g/mol. The predicted octanol–water partition coefficient (Wildman–Crippen LogP) is 2.04. The number of hydrogen-bond donors (Lipinski definition) is 0. The first-order valence-corrected chi connectivity index (χ1v) is 8.50. The normalized spacial score (nSPS) is 17.2. The summed E-state index contributed by atoms with van der Waals surface area (Å²) in [6, 6.07) is 2.05. The maximum absolute atomic E-state index is 4.78. The predicted molar refractivity (Wildman–Crippen MR) is 95.0 cm³/mol. The van der Waals surface area contributed by atoms with Gasteiger partial charge in [0.1, 0.15) is 17.8 Å². The molecule has 7 heteroatoms. The molecule has 1 saturated heterocycles. The van der Waals surface area contributed by atoms with E-state index in [1.165, 1.54) is 0 Å². The summed E-state index contributed by atoms with van der Waals surface area (Å²) >= 11 is 0. The molecule has 7 nitrogen and oxygen atoms in total. The van der Waals surface area contributed by atoms with Crippen LogP contribution in [-0.4, -0.2) is 42.6 Å². The SMILES string of the molecule is Cc1cc(N2CC[C@@H](Cc3cncc(-c4cncn4C)n3)C2)ncn1. The molecule has 0 spiro atoms. The van der Waals surface area contributed by atoms with Crippen LogP contribution >= 0.6 is 0 Å². The van der Waals surface area contributed by atoms with Gasteiger partial charge in [-0.1, -0.05) is 0 Å². The van der Waals surface area contributed by atoms with E-state index in [1.54, 1.807) is 18.9 Å². The molecule has 3 aromatic rings. The van der Waals surface area contributed by atoms with E-state index in [-0.39, 0.29) is 0 Å². The zero-order chi connectivity index (χ0) is 17.2. The minimum absolute atomic E-state index is 0.561. The second-order valence-electron chi connectivity index (χ2n) is 6.61. The molecule has 0 saturated carbocycles. The highest BCUT2D eigenvalue weighted by molar-refractivity contribution is 5.52. The Hall–Kier alpha value is -2.83. The summed E-state index contributed by atoms with van der Waals surface area (Å²) in [6.07, 6.45) is 11.0. The molecule has 128 valence electrons. The van der Waals surface area contributed by atoms with Gasteiger partial charge in [0.05, 0.1) is 30.1 Å². The van der Waals surface area contributed by atoms with Gasteiger partial charge in [0.15, 0.2) is 0 Å². The number of hydrogen-bond acceptors (Lipinski definition) is 6. The average Bonchev–Trinajstić information content (AvgIpc) is 3.24. The van der Waals surface area contributed by atoms with E-state index >= 15 is 0 Å². The van der Waals surface area contributed by atoms with Crippen LogP contribution in [0.3, 0.4) is 0 Å². The van der Waals surface area contributed by atoms with Crippen molar-refractivity contribution >= 4 is 5.82 Å². The Kier molecular flexibility index (Phi) is 4.13. The fraction of sp³-hybridized carbons (Fsp3) is 0.389. The Morgan fingerprint density at radius 1 is 1.16 bits per heavy atom. The molecule has 4 rings (SSSR count). The molecule has 0 aromatic carbocycles. The van der Waals surface area contributed by atoms with Gasteiger partial charge < -0.3 is 9.47 Å². The van der Waals surface area contributed by atoms with Crippen LogP contribution in [0, 0.1) is 12.8 Å². The van der Waals surface area contributed by atoms with Gasteiger partial charge in [0.2, 0.25) is 0 Å². The van der Waals surface area contributed by atoms with Crippen LogP contribution in [0.4, 0.5) is 5.82 Å². The second-order valence-corrected chi connectivity index (χ2v) is 6.61. The van der Waals surface area contributed by atoms with Crippen molar-refractivity contribution in [3.63, 3.8) is 0 Å². The highest BCUT2D eigenvalue weighted by Crippen LogP contribution is 2.25. The molecule has 3 aromatic heterocycles. The Balaban J connectivity index is 1.46. The topological polar surface area (TPSA) is 72.6 Å². The average molecular weight is 335 g/mol. The minimum atomic E-state index is 0.561. The van der Waals surface area contributed by atoms with Crippen LogP contribution in [0.2, 0.25) is 0 Å². The quantitative estimate of drug-likeness (QED) is 0.726. The molecule has 4 heterocycles. The van der Waals surface area contributed by atoms with E-state index in [1.807, 2.05) is 37.0 Å². The summed E-state index contributed by atoms with van der Waals surface area (Å²) in [5, 5.41) is 0. The molecule has 25 heavy (non-hydrogen) atoms. The number of rotatable bonds is 4. The molecular formula is C18H21N7. The zero-order valence-corrected chi connectivity index (χ0v) is 14.5. The van der Waals surface area contributed by atoms with Crippen molar-refractivity contribution in [2.45, 2.75) is 19.8 Å². The monoisotopic (exact) mass is 335 g/mol. The highest BCUT2D eigenvalue weighted by Gasteiger charge is 2.24. The lowest BCUT2D eigenvalue weighted by Gasteiger charge is -2.17. The summed E-state index contributed by atoms with van der Waals surface area (Å²) in [6.45, 7) is 4.02. The van der Waals surface area contributed by atoms with E-state index in [0.717, 1.165) is 54.5 Å². The van der Waals surface area contributed by atoms with Crippen LogP contribution in [-0.2, 0) is 13.5 Å². The summed E-state index contributed by atoms with van der Waals surface area (Å²) in [7, 11) is 1.97. The van der Waals surface area contributed by atoms with Crippen molar-refractivity contribution in [3.8, 4) is 11.4 Å². The van der Waals surface area contributed by atoms with Crippen molar-refractivity contribution in [1.82, 2.24) is 29.5 Å². The van der Waals surface area contributed by atoms with Gasteiger partial charge in [0, 0.05) is 38.1 Å². The van der Waals surface area contributed by atoms with Crippen LogP contribution in [0.15, 0.2) is 37.3 Å². The standard InChI is InChI=1S/C18H21N7/c1-13-5-18(22-11-21-13)25-4-3-14(10-25)6-15-7-19-8-16(23-15)17-9-20-12-24(17)2/h5,7-9,11-12,14H,3-4,6,10H2,1-2H3/t14-/m0/s1. The van der Waals surface area contributed by atoms with Gasteiger partial charge >= 0.3 is 0 Å². The molecule has 0 radical (unpaired) electrons. The third-order valence-corrected chi connectivity index (χ3v) is 4.66. The first-order chi connectivity index (χ1) is 12.2. The highest BCUT2D eigenvalue weighted by atomic mass is 15.2. The minimum Gasteiger partial charge on any atom is -0.356 e. The fourth-order valence-electron chi connectivity index (χ4n) is 3.35. The largest absolute Gasteiger partial charge is 0.356 e. The lowest BCUT2D eigenvalue weighted by molar-refractivity contribution is 0.576. The van der Waals surface area contributed by atoms with Gasteiger partial charge in [-0.15, -0.1) is 0 Å². The molecule has 1 aliphatic rings. The third-order valence-electron chi connectivity index (χ3n) is 4.66. The summed E-state index contributed by atoms with van der Waals surface area (Å²) in [4.78, 5) is 24.2. The molecule has 0 aliphatic carbocycles. The van der Waals surface area contributed by atoms with Crippen molar-refractivity contribution in [2.75, 3.05) is 18.0 Å². The van der Waals surface area contributed by atoms with Crippen molar-refractivity contribution < 1.29 is 0 Å². The Morgan fingerprint density at radius 3 is 2.88 bits per heavy atom. The number of anilines is 1. The molecule has 0 amide bonds. The van der Waals surface area contributed by atoms with E-state index in [2.05, 4.69) is 24.8 Å². The smallest absolute Gasteiger partial charge is 0.132 e. The molecule has 0 N–H and O–H groups in total. The van der Waals surface area contributed by atoms with E-state index in [9.17, 15) is 0 Å². The fourth-order valence-corrected chi connectivity index (χ4v) is 3.35. The van der Waals surface area contributed by atoms with Crippen LogP contribution in [0.1, 0.15) is 17.8 Å². The first kappa shape index (κ1) is 15.7. The first-order valence-electron chi connectivity index (χ1n) is 8.50. The molecule has 1 atom stereocenters. The molecule has 0 unspecified atom stereocenters. The number of aromatic nitrogens is 6. The van der Waals surface area contributed by atoms with Gasteiger partial charge in [-0.2, -0.15) is 0 Å². The van der Waals surface area contributed by atoms with Crippen LogP contribution < -0.4 is 4.90 Å². The number of nitrogens with zero attached hydrogens (tertiary/aromatic N) is 7. The maximum Gasteiger partial charge on any atom is 0.132 e. The Labute approximate surface area is 146 Å². The van der Waals surface area contributed by atoms with E-state index in [0.29, 0.717) is 5.92 Å². The Morgan fingerprint density at radius 2 is 2.08 bits per heavy atom. The molecule has 1 fully saturated rings. The lowest BCUT2D eigenvalue weighted by Crippen LogP contribution is -2.21. The zero-order valence-electron chi connectivity index (χ0n) is 14.5. The Bertz CT molecular complexity index is 873. The summed E-state index contributed by atoms with van der Waals surface area (Å²) in [5.41, 5.74) is 3.89. The summed E-state index contributed by atoms with van der Waals surface area (Å²) < 4.78 is 1.96. The third kappa shape index (κ3) is 3.35. The van der Waals surface area contributed by atoms with E-state index < -0.39 is 0 Å². The van der Waals surface area contributed by atoms with Gasteiger partial charge in [-0.05, 0) is 25.7 Å². The molecule has 1 aliphatic heterocycles. The number of aryl methyl sites for hydroxylation is 2. The van der Waals surface area contributed by atoms with Crippen LogP contribution in [0.5, 0.6) is 0 Å². The van der Waals surface area contributed by atoms with Crippen LogP contribution in [0.25, 0.3) is 11.4 Å². The molecule has 0 bridgehead atoms. The van der Waals surface area contributed by atoms with Gasteiger partial charge in [-0.3, -0.25) is 4.98 Å².